The molecule has 0 aromatic carbocycles. The first-order valence-corrected chi connectivity index (χ1v) is 7.82. The lowest BCUT2D eigenvalue weighted by atomic mass is 10.2. The van der Waals surface area contributed by atoms with Crippen molar-refractivity contribution in [1.82, 2.24) is 19.4 Å². The van der Waals surface area contributed by atoms with Crippen LogP contribution in [0.5, 0.6) is 0 Å². The van der Waals surface area contributed by atoms with Crippen LogP contribution in [0.1, 0.15) is 31.4 Å². The van der Waals surface area contributed by atoms with Gasteiger partial charge in [0, 0.05) is 24.8 Å². The lowest BCUT2D eigenvalue weighted by Gasteiger charge is -2.24. The minimum atomic E-state index is 0.754. The van der Waals surface area contributed by atoms with E-state index in [1.165, 1.54) is 25.7 Å². The van der Waals surface area contributed by atoms with Crippen LogP contribution in [0, 0.1) is 11.7 Å². The van der Waals surface area contributed by atoms with Gasteiger partial charge in [0.2, 0.25) is 0 Å². The first-order chi connectivity index (χ1) is 9.65. The molecule has 1 saturated carbocycles. The molecule has 4 nitrogen and oxygen atoms in total. The van der Waals surface area contributed by atoms with Gasteiger partial charge < -0.3 is 14.5 Å². The molecule has 0 saturated heterocycles. The van der Waals surface area contributed by atoms with E-state index in [9.17, 15) is 0 Å². The number of likely N-dealkylation sites (N-methyl/N-ethyl adjacent to an activating group) is 1. The summed E-state index contributed by atoms with van der Waals surface area (Å²) in [5, 5.41) is 0. The fourth-order valence-corrected chi connectivity index (χ4v) is 3.41. The Kier molecular flexibility index (Phi) is 3.89. The predicted octanol–water partition coefficient (Wildman–Crippen LogP) is 3.28. The van der Waals surface area contributed by atoms with Gasteiger partial charge in [0.1, 0.15) is 0 Å². The Bertz CT molecular complexity index is 651. The molecule has 0 amide bonds. The van der Waals surface area contributed by atoms with Crippen molar-refractivity contribution < 1.29 is 0 Å². The van der Waals surface area contributed by atoms with Gasteiger partial charge in [-0.1, -0.05) is 12.8 Å². The van der Waals surface area contributed by atoms with Crippen LogP contribution in [0.2, 0.25) is 0 Å². The summed E-state index contributed by atoms with van der Waals surface area (Å²) in [4.78, 5) is 10.3. The van der Waals surface area contributed by atoms with E-state index in [2.05, 4.69) is 32.5 Å². The largest absolute Gasteiger partial charge is 0.329 e. The molecule has 0 unspecified atom stereocenters. The molecule has 0 spiro atoms. The van der Waals surface area contributed by atoms with Crippen molar-refractivity contribution in [3.63, 3.8) is 0 Å². The van der Waals surface area contributed by atoms with Gasteiger partial charge in [-0.05, 0) is 51.2 Å². The molecule has 2 heterocycles. The fraction of sp³-hybridized carbons (Fsp3) is 0.600. The van der Waals surface area contributed by atoms with Gasteiger partial charge in [0.25, 0.3) is 0 Å². The van der Waals surface area contributed by atoms with E-state index in [-0.39, 0.29) is 0 Å². The van der Waals surface area contributed by atoms with Crippen LogP contribution < -0.4 is 0 Å². The summed E-state index contributed by atoms with van der Waals surface area (Å²) in [6, 6.07) is 4.83. The molecule has 108 valence electrons. The maximum atomic E-state index is 5.43. The molecular formula is C15H22N4S. The van der Waals surface area contributed by atoms with Crippen molar-refractivity contribution in [2.45, 2.75) is 45.2 Å². The fourth-order valence-electron chi connectivity index (χ4n) is 3.12. The number of aryl methyl sites for hydroxylation is 1. The third-order valence-electron chi connectivity index (χ3n) is 4.38. The lowest BCUT2D eigenvalue weighted by Crippen LogP contribution is -2.32. The average Bonchev–Trinajstić information content (AvgIpc) is 3.04. The first kappa shape index (κ1) is 13.8. The maximum absolute atomic E-state index is 5.43. The predicted molar refractivity (Wildman–Crippen MR) is 84.5 cm³/mol. The Balaban J connectivity index is 1.78. The number of imidazole rings is 1. The Morgan fingerprint density at radius 3 is 2.90 bits per heavy atom. The topological polar surface area (TPSA) is 36.9 Å². The summed E-state index contributed by atoms with van der Waals surface area (Å²) in [5.74, 6) is 0. The maximum Gasteiger partial charge on any atom is 0.179 e. The van der Waals surface area contributed by atoms with Gasteiger partial charge in [-0.25, -0.2) is 4.98 Å². The molecule has 0 bridgehead atoms. The van der Waals surface area contributed by atoms with Crippen LogP contribution in [-0.4, -0.2) is 39.1 Å². The Hall–Kier alpha value is -1.20. The molecule has 1 fully saturated rings. The summed E-state index contributed by atoms with van der Waals surface area (Å²) in [6.45, 7) is 3.95. The molecule has 1 aliphatic rings. The van der Waals surface area contributed by atoms with Gasteiger partial charge >= 0.3 is 0 Å². The number of fused-ring (bicyclic) bond motifs is 1. The second kappa shape index (κ2) is 5.66. The molecule has 2 aromatic heterocycles. The molecule has 0 aliphatic heterocycles. The van der Waals surface area contributed by atoms with Gasteiger partial charge in [-0.3, -0.25) is 0 Å². The van der Waals surface area contributed by atoms with E-state index in [0.717, 1.165) is 40.8 Å². The highest BCUT2D eigenvalue weighted by Crippen LogP contribution is 2.22. The van der Waals surface area contributed by atoms with Gasteiger partial charge in [0.05, 0.1) is 5.52 Å². The molecule has 0 atom stereocenters. The van der Waals surface area contributed by atoms with Crippen LogP contribution in [0.3, 0.4) is 0 Å². The minimum Gasteiger partial charge on any atom is -0.329 e. The van der Waals surface area contributed by atoms with Gasteiger partial charge in [-0.2, -0.15) is 0 Å². The van der Waals surface area contributed by atoms with Crippen LogP contribution in [-0.2, 0) is 6.54 Å². The number of hydrogen-bond acceptors (Lipinski definition) is 3. The number of H-pyrrole nitrogens is 1. The highest BCUT2D eigenvalue weighted by molar-refractivity contribution is 7.71. The average molecular weight is 290 g/mol. The van der Waals surface area contributed by atoms with Crippen molar-refractivity contribution in [2.75, 3.05) is 13.6 Å². The second-order valence-electron chi connectivity index (χ2n) is 5.82. The van der Waals surface area contributed by atoms with E-state index in [0.29, 0.717) is 0 Å². The molecule has 1 aliphatic carbocycles. The number of nitrogens with one attached hydrogen (secondary N) is 1. The number of nitrogens with zero attached hydrogens (tertiary/aromatic N) is 3. The molecule has 20 heavy (non-hydrogen) atoms. The molecule has 5 heteroatoms. The van der Waals surface area contributed by atoms with Crippen LogP contribution in [0.4, 0.5) is 0 Å². The number of hydrogen-bond donors (Lipinski definition) is 1. The van der Waals surface area contributed by atoms with Gasteiger partial charge in [0.15, 0.2) is 10.4 Å². The van der Waals surface area contributed by atoms with E-state index in [4.69, 9.17) is 12.2 Å². The molecular weight excluding hydrogens is 268 g/mol. The van der Waals surface area contributed by atoms with Crippen LogP contribution >= 0.6 is 12.2 Å². The Morgan fingerprint density at radius 1 is 1.40 bits per heavy atom. The Labute approximate surface area is 124 Å². The SMILES string of the molecule is Cc1ccc2[nH]c(=S)n(CCN(C)C3CCCC3)c2n1. The zero-order chi connectivity index (χ0) is 14.1. The standard InChI is InChI=1S/C15H22N4S/c1-11-7-8-13-14(16-11)19(15(20)17-13)10-9-18(2)12-5-3-4-6-12/h7-8,12H,3-6,9-10H2,1-2H3,(H,17,20). The summed E-state index contributed by atoms with van der Waals surface area (Å²) in [5.41, 5.74) is 3.04. The van der Waals surface area contributed by atoms with Crippen molar-refractivity contribution >= 4 is 23.4 Å². The highest BCUT2D eigenvalue weighted by Gasteiger charge is 2.19. The summed E-state index contributed by atoms with van der Waals surface area (Å²) in [7, 11) is 2.23. The monoisotopic (exact) mass is 290 g/mol. The highest BCUT2D eigenvalue weighted by atomic mass is 32.1. The van der Waals surface area contributed by atoms with Crippen molar-refractivity contribution in [3.05, 3.63) is 22.6 Å². The number of aromatic nitrogens is 3. The van der Waals surface area contributed by atoms with E-state index in [1.54, 1.807) is 0 Å². The molecule has 0 radical (unpaired) electrons. The van der Waals surface area contributed by atoms with Crippen LogP contribution in [0.15, 0.2) is 12.1 Å². The zero-order valence-corrected chi connectivity index (χ0v) is 13.0. The van der Waals surface area contributed by atoms with Gasteiger partial charge in [-0.15, -0.1) is 0 Å². The summed E-state index contributed by atoms with van der Waals surface area (Å²) >= 11 is 5.43. The van der Waals surface area contributed by atoms with Crippen molar-refractivity contribution in [3.8, 4) is 0 Å². The second-order valence-corrected chi connectivity index (χ2v) is 6.21. The van der Waals surface area contributed by atoms with Crippen LogP contribution in [0.25, 0.3) is 11.2 Å². The normalized spacial score (nSPS) is 16.6. The first-order valence-electron chi connectivity index (χ1n) is 7.41. The quantitative estimate of drug-likeness (QED) is 0.878. The summed E-state index contributed by atoms with van der Waals surface area (Å²) < 4.78 is 2.90. The number of pyridine rings is 1. The van der Waals surface area contributed by atoms with E-state index < -0.39 is 0 Å². The molecule has 1 N–H and O–H groups in total. The summed E-state index contributed by atoms with van der Waals surface area (Å²) in [6.07, 6.45) is 5.44. The molecule has 3 rings (SSSR count). The van der Waals surface area contributed by atoms with Crippen molar-refractivity contribution in [2.24, 2.45) is 0 Å². The number of aromatic amines is 1. The van der Waals surface area contributed by atoms with E-state index >= 15 is 0 Å². The zero-order valence-electron chi connectivity index (χ0n) is 12.2. The number of rotatable bonds is 4. The van der Waals surface area contributed by atoms with Crippen molar-refractivity contribution in [1.29, 1.82) is 0 Å². The Morgan fingerprint density at radius 2 is 2.15 bits per heavy atom. The van der Waals surface area contributed by atoms with E-state index in [1.807, 2.05) is 13.0 Å². The minimum absolute atomic E-state index is 0.754. The molecule has 2 aromatic rings. The third-order valence-corrected chi connectivity index (χ3v) is 4.70. The lowest BCUT2D eigenvalue weighted by molar-refractivity contribution is 0.237. The third kappa shape index (κ3) is 2.65. The smallest absolute Gasteiger partial charge is 0.179 e.